The van der Waals surface area contributed by atoms with Gasteiger partial charge in [0.1, 0.15) is 12.1 Å². The van der Waals surface area contributed by atoms with Crippen molar-refractivity contribution >= 4 is 11.8 Å². The van der Waals surface area contributed by atoms with Crippen LogP contribution in [0.5, 0.6) is 0 Å². The van der Waals surface area contributed by atoms with Crippen molar-refractivity contribution in [2.24, 2.45) is 5.92 Å². The van der Waals surface area contributed by atoms with E-state index in [1.54, 1.807) is 38.1 Å². The third-order valence-corrected chi connectivity index (χ3v) is 3.55. The quantitative estimate of drug-likeness (QED) is 0.844. The van der Waals surface area contributed by atoms with Crippen LogP contribution in [-0.4, -0.2) is 28.0 Å². The zero-order valence-corrected chi connectivity index (χ0v) is 14.2. The van der Waals surface area contributed by atoms with E-state index in [4.69, 9.17) is 4.52 Å². The van der Waals surface area contributed by atoms with Gasteiger partial charge in [0.05, 0.1) is 0 Å². The summed E-state index contributed by atoms with van der Waals surface area (Å²) in [7, 11) is 0. The van der Waals surface area contributed by atoms with E-state index in [-0.39, 0.29) is 17.7 Å². The first kappa shape index (κ1) is 17.7. The van der Waals surface area contributed by atoms with Crippen molar-refractivity contribution in [3.05, 3.63) is 47.6 Å². The van der Waals surface area contributed by atoms with E-state index < -0.39 is 12.1 Å². The van der Waals surface area contributed by atoms with Crippen molar-refractivity contribution in [3.63, 3.8) is 0 Å². The highest BCUT2D eigenvalue weighted by Gasteiger charge is 2.26. The van der Waals surface area contributed by atoms with Gasteiger partial charge >= 0.3 is 0 Å². The van der Waals surface area contributed by atoms with Gasteiger partial charge in [-0.3, -0.25) is 9.59 Å². The van der Waals surface area contributed by atoms with Gasteiger partial charge in [-0.2, -0.15) is 4.98 Å². The zero-order valence-electron chi connectivity index (χ0n) is 14.2. The first-order chi connectivity index (χ1) is 11.4. The topological polar surface area (TPSA) is 97.1 Å². The molecule has 0 saturated carbocycles. The number of nitrogens with zero attached hydrogens (tertiary/aromatic N) is 2. The summed E-state index contributed by atoms with van der Waals surface area (Å²) in [6, 6.07) is 7.65. The van der Waals surface area contributed by atoms with Gasteiger partial charge in [-0.05, 0) is 31.9 Å². The SMILES string of the molecule is Cc1noc(C(NC(=O)C(C)NC(=O)c2ccccc2)C(C)C)n1. The Morgan fingerprint density at radius 1 is 1.08 bits per heavy atom. The molecule has 1 heterocycles. The lowest BCUT2D eigenvalue weighted by Gasteiger charge is -2.21. The molecule has 0 aliphatic carbocycles. The van der Waals surface area contributed by atoms with Crippen molar-refractivity contribution < 1.29 is 14.1 Å². The molecule has 2 atom stereocenters. The lowest BCUT2D eigenvalue weighted by Crippen LogP contribution is -2.46. The molecule has 0 spiro atoms. The summed E-state index contributed by atoms with van der Waals surface area (Å²) in [5.41, 5.74) is 0.505. The van der Waals surface area contributed by atoms with Gasteiger partial charge in [-0.1, -0.05) is 37.2 Å². The molecule has 7 nitrogen and oxygen atoms in total. The van der Waals surface area contributed by atoms with Crippen LogP contribution in [0.25, 0.3) is 0 Å². The Morgan fingerprint density at radius 3 is 2.29 bits per heavy atom. The van der Waals surface area contributed by atoms with Crippen LogP contribution in [0.15, 0.2) is 34.9 Å². The third kappa shape index (κ3) is 4.41. The molecule has 2 N–H and O–H groups in total. The fourth-order valence-corrected chi connectivity index (χ4v) is 2.17. The zero-order chi connectivity index (χ0) is 17.7. The number of amides is 2. The molecule has 0 aliphatic rings. The molecule has 2 aromatic rings. The van der Waals surface area contributed by atoms with E-state index in [1.807, 2.05) is 19.9 Å². The molecule has 0 radical (unpaired) electrons. The van der Waals surface area contributed by atoms with Crippen LogP contribution in [0.2, 0.25) is 0 Å². The molecule has 24 heavy (non-hydrogen) atoms. The van der Waals surface area contributed by atoms with Crippen molar-refractivity contribution in [1.29, 1.82) is 0 Å². The van der Waals surface area contributed by atoms with Crippen LogP contribution >= 0.6 is 0 Å². The van der Waals surface area contributed by atoms with Crippen LogP contribution in [-0.2, 0) is 4.79 Å². The van der Waals surface area contributed by atoms with Crippen LogP contribution in [0, 0.1) is 12.8 Å². The second-order valence-corrected chi connectivity index (χ2v) is 5.97. The Kier molecular flexibility index (Phi) is 5.68. The number of benzene rings is 1. The van der Waals surface area contributed by atoms with Crippen molar-refractivity contribution in [1.82, 2.24) is 20.8 Å². The maximum Gasteiger partial charge on any atom is 0.251 e. The molecular weight excluding hydrogens is 308 g/mol. The average molecular weight is 330 g/mol. The number of rotatable bonds is 6. The molecule has 2 unspecified atom stereocenters. The lowest BCUT2D eigenvalue weighted by molar-refractivity contribution is -0.123. The molecule has 0 aliphatic heterocycles. The van der Waals surface area contributed by atoms with Crippen molar-refractivity contribution in [2.75, 3.05) is 0 Å². The average Bonchev–Trinajstić information content (AvgIpc) is 2.98. The van der Waals surface area contributed by atoms with Crippen LogP contribution in [0.1, 0.15) is 48.9 Å². The van der Waals surface area contributed by atoms with E-state index in [0.717, 1.165) is 0 Å². The number of carbonyl (C=O) groups is 2. The minimum absolute atomic E-state index is 0.0609. The van der Waals surface area contributed by atoms with Gasteiger partial charge < -0.3 is 15.2 Å². The van der Waals surface area contributed by atoms with E-state index in [9.17, 15) is 9.59 Å². The number of nitrogens with one attached hydrogen (secondary N) is 2. The van der Waals surface area contributed by atoms with Gasteiger partial charge in [0.2, 0.25) is 11.8 Å². The van der Waals surface area contributed by atoms with Gasteiger partial charge in [-0.15, -0.1) is 0 Å². The minimum atomic E-state index is -0.692. The Hall–Kier alpha value is -2.70. The number of aromatic nitrogens is 2. The fraction of sp³-hybridized carbons (Fsp3) is 0.412. The summed E-state index contributed by atoms with van der Waals surface area (Å²) in [6.07, 6.45) is 0. The molecule has 7 heteroatoms. The minimum Gasteiger partial charge on any atom is -0.342 e. The highest BCUT2D eigenvalue weighted by Crippen LogP contribution is 2.20. The van der Waals surface area contributed by atoms with Crippen LogP contribution < -0.4 is 10.6 Å². The predicted molar refractivity (Wildman–Crippen MR) is 88.1 cm³/mol. The number of carbonyl (C=O) groups excluding carboxylic acids is 2. The molecule has 0 fully saturated rings. The smallest absolute Gasteiger partial charge is 0.251 e. The Labute approximate surface area is 140 Å². The first-order valence-electron chi connectivity index (χ1n) is 7.85. The van der Waals surface area contributed by atoms with Gasteiger partial charge in [0.15, 0.2) is 5.82 Å². The number of aryl methyl sites for hydroxylation is 1. The third-order valence-electron chi connectivity index (χ3n) is 3.55. The van der Waals surface area contributed by atoms with E-state index in [0.29, 0.717) is 17.3 Å². The first-order valence-corrected chi connectivity index (χ1v) is 7.85. The number of hydrogen-bond donors (Lipinski definition) is 2. The van der Waals surface area contributed by atoms with Crippen molar-refractivity contribution in [2.45, 2.75) is 39.8 Å². The Bertz CT molecular complexity index is 697. The van der Waals surface area contributed by atoms with Crippen LogP contribution in [0.4, 0.5) is 0 Å². The molecule has 1 aromatic heterocycles. The monoisotopic (exact) mass is 330 g/mol. The highest BCUT2D eigenvalue weighted by molar-refractivity contribution is 5.97. The molecule has 0 bridgehead atoms. The second-order valence-electron chi connectivity index (χ2n) is 5.97. The Morgan fingerprint density at radius 2 is 1.75 bits per heavy atom. The van der Waals surface area contributed by atoms with Gasteiger partial charge in [0, 0.05) is 5.56 Å². The highest BCUT2D eigenvalue weighted by atomic mass is 16.5. The van der Waals surface area contributed by atoms with E-state index >= 15 is 0 Å². The predicted octanol–water partition coefficient (Wildman–Crippen LogP) is 2.01. The summed E-state index contributed by atoms with van der Waals surface area (Å²) in [5.74, 6) is 0.320. The van der Waals surface area contributed by atoms with Crippen molar-refractivity contribution in [3.8, 4) is 0 Å². The lowest BCUT2D eigenvalue weighted by atomic mass is 10.0. The molecular formula is C17H22N4O3. The van der Waals surface area contributed by atoms with Gasteiger partial charge in [0.25, 0.3) is 5.91 Å². The molecule has 2 rings (SSSR count). The maximum absolute atomic E-state index is 12.4. The summed E-state index contributed by atoms with van der Waals surface area (Å²) < 4.78 is 5.16. The molecule has 1 aromatic carbocycles. The van der Waals surface area contributed by atoms with E-state index in [1.165, 1.54) is 0 Å². The summed E-state index contributed by atoms with van der Waals surface area (Å²) in [6.45, 7) is 7.23. The molecule has 128 valence electrons. The Balaban J connectivity index is 2.00. The van der Waals surface area contributed by atoms with Crippen LogP contribution in [0.3, 0.4) is 0 Å². The summed E-state index contributed by atoms with van der Waals surface area (Å²) in [5, 5.41) is 9.29. The standard InChI is InChI=1S/C17H22N4O3/c1-10(2)14(17-19-12(4)21-24-17)20-15(22)11(3)18-16(23)13-8-6-5-7-9-13/h5-11,14H,1-4H3,(H,18,23)(H,20,22). The summed E-state index contributed by atoms with van der Waals surface area (Å²) in [4.78, 5) is 28.7. The summed E-state index contributed by atoms with van der Waals surface area (Å²) >= 11 is 0. The van der Waals surface area contributed by atoms with Gasteiger partial charge in [-0.25, -0.2) is 0 Å². The fourth-order valence-electron chi connectivity index (χ4n) is 2.17. The molecule has 0 saturated heterocycles. The normalized spacial score (nSPS) is 13.4. The maximum atomic E-state index is 12.4. The van der Waals surface area contributed by atoms with E-state index in [2.05, 4.69) is 20.8 Å². The number of hydrogen-bond acceptors (Lipinski definition) is 5. The second kappa shape index (κ2) is 7.72. The largest absolute Gasteiger partial charge is 0.342 e. The molecule has 2 amide bonds.